The third kappa shape index (κ3) is 4.13. The van der Waals surface area contributed by atoms with Gasteiger partial charge in [-0.15, -0.1) is 0 Å². The maximum Gasteiger partial charge on any atom is 0.254 e. The molecule has 116 valence electrons. The summed E-state index contributed by atoms with van der Waals surface area (Å²) in [5.41, 5.74) is 1.76. The third-order valence-corrected chi connectivity index (χ3v) is 5.14. The first-order chi connectivity index (χ1) is 10.2. The Balaban J connectivity index is 2.19. The molecule has 0 bridgehead atoms. The molecule has 2 rings (SSSR count). The van der Waals surface area contributed by atoms with Crippen LogP contribution in [-0.4, -0.2) is 46.9 Å². The van der Waals surface area contributed by atoms with Crippen LogP contribution in [0, 0.1) is 0 Å². The van der Waals surface area contributed by atoms with Gasteiger partial charge in [0.05, 0.1) is 0 Å². The van der Waals surface area contributed by atoms with Gasteiger partial charge in [-0.1, -0.05) is 20.3 Å². The van der Waals surface area contributed by atoms with Gasteiger partial charge in [0.1, 0.15) is 5.82 Å². The largest absolute Gasteiger partial charge is 0.373 e. The number of anilines is 1. The van der Waals surface area contributed by atoms with E-state index in [4.69, 9.17) is 0 Å². The Kier molecular flexibility index (Phi) is 5.91. The minimum Gasteiger partial charge on any atom is -0.373 e. The predicted octanol–water partition coefficient (Wildman–Crippen LogP) is 3.04. The molecule has 0 aliphatic carbocycles. The fourth-order valence-electron chi connectivity index (χ4n) is 2.56. The molecular weight excluding hydrogens is 282 g/mol. The van der Waals surface area contributed by atoms with E-state index < -0.39 is 0 Å². The van der Waals surface area contributed by atoms with Gasteiger partial charge < -0.3 is 10.2 Å². The van der Waals surface area contributed by atoms with Gasteiger partial charge in [-0.3, -0.25) is 4.79 Å². The van der Waals surface area contributed by atoms with E-state index in [1.54, 1.807) is 0 Å². The van der Waals surface area contributed by atoms with Crippen LogP contribution in [0.4, 0.5) is 5.82 Å². The molecule has 21 heavy (non-hydrogen) atoms. The van der Waals surface area contributed by atoms with E-state index in [9.17, 15) is 4.79 Å². The zero-order valence-electron chi connectivity index (χ0n) is 13.2. The van der Waals surface area contributed by atoms with Crippen LogP contribution < -0.4 is 5.32 Å². The van der Waals surface area contributed by atoms with E-state index >= 15 is 0 Å². The van der Waals surface area contributed by atoms with E-state index in [1.807, 2.05) is 35.8 Å². The number of aryl methyl sites for hydroxylation is 1. The molecule has 1 aromatic rings. The lowest BCUT2D eigenvalue weighted by molar-refractivity contribution is 0.0760. The van der Waals surface area contributed by atoms with Crippen molar-refractivity contribution >= 4 is 23.5 Å². The fourth-order valence-corrected chi connectivity index (χ4v) is 3.74. The number of rotatable bonds is 5. The lowest BCUT2D eigenvalue weighted by Crippen LogP contribution is -2.41. The summed E-state index contributed by atoms with van der Waals surface area (Å²) < 4.78 is 0. The molecule has 1 aromatic heterocycles. The van der Waals surface area contributed by atoms with E-state index in [1.165, 1.54) is 0 Å². The van der Waals surface area contributed by atoms with Gasteiger partial charge >= 0.3 is 0 Å². The second-order valence-corrected chi connectivity index (χ2v) is 6.79. The first kappa shape index (κ1) is 16.1. The van der Waals surface area contributed by atoms with Crippen LogP contribution in [0.15, 0.2) is 12.1 Å². The van der Waals surface area contributed by atoms with Crippen molar-refractivity contribution in [3.8, 4) is 0 Å². The average Bonchev–Trinajstić information content (AvgIpc) is 2.54. The van der Waals surface area contributed by atoms with Crippen LogP contribution in [0.5, 0.6) is 0 Å². The number of aromatic nitrogens is 1. The molecule has 0 radical (unpaired) electrons. The summed E-state index contributed by atoms with van der Waals surface area (Å²) in [6.45, 7) is 6.03. The molecule has 2 heterocycles. The van der Waals surface area contributed by atoms with Crippen LogP contribution in [0.3, 0.4) is 0 Å². The monoisotopic (exact) mass is 307 g/mol. The highest BCUT2D eigenvalue weighted by molar-refractivity contribution is 8.00. The van der Waals surface area contributed by atoms with Crippen molar-refractivity contribution in [3.63, 3.8) is 0 Å². The number of amides is 1. The standard InChI is InChI=1S/C16H25N3OS/c1-4-6-13-9-12(10-15(17-3)18-13)16(20)19-7-8-21-14(5-2)11-19/h9-10,14H,4-8,11H2,1-3H3,(H,17,18). The highest BCUT2D eigenvalue weighted by Crippen LogP contribution is 2.23. The Bertz CT molecular complexity index is 492. The molecule has 1 amide bonds. The second-order valence-electron chi connectivity index (χ2n) is 5.38. The molecule has 4 nitrogen and oxygen atoms in total. The van der Waals surface area contributed by atoms with Gasteiger partial charge in [0.2, 0.25) is 0 Å². The van der Waals surface area contributed by atoms with Crippen molar-refractivity contribution < 1.29 is 4.79 Å². The summed E-state index contributed by atoms with van der Waals surface area (Å²) in [5.74, 6) is 1.96. The van der Waals surface area contributed by atoms with Crippen molar-refractivity contribution in [2.75, 3.05) is 31.2 Å². The van der Waals surface area contributed by atoms with E-state index in [-0.39, 0.29) is 5.91 Å². The van der Waals surface area contributed by atoms with Crippen molar-refractivity contribution in [1.82, 2.24) is 9.88 Å². The molecule has 1 N–H and O–H groups in total. The molecule has 1 aliphatic heterocycles. The van der Waals surface area contributed by atoms with E-state index in [0.29, 0.717) is 5.25 Å². The highest BCUT2D eigenvalue weighted by atomic mass is 32.2. The Hall–Kier alpha value is -1.23. The number of carbonyl (C=O) groups is 1. The van der Waals surface area contributed by atoms with Gasteiger partial charge in [0.15, 0.2) is 0 Å². The maximum absolute atomic E-state index is 12.7. The molecule has 0 aromatic carbocycles. The van der Waals surface area contributed by atoms with Gasteiger partial charge in [-0.25, -0.2) is 4.98 Å². The summed E-state index contributed by atoms with van der Waals surface area (Å²) in [6.07, 6.45) is 3.06. The SMILES string of the molecule is CCCc1cc(C(=O)N2CCSC(CC)C2)cc(NC)n1. The summed E-state index contributed by atoms with van der Waals surface area (Å²) >= 11 is 1.98. The fraction of sp³-hybridized carbons (Fsp3) is 0.625. The number of nitrogens with zero attached hydrogens (tertiary/aromatic N) is 2. The quantitative estimate of drug-likeness (QED) is 0.908. The third-order valence-electron chi connectivity index (χ3n) is 3.77. The summed E-state index contributed by atoms with van der Waals surface area (Å²) in [4.78, 5) is 19.3. The molecule has 1 fully saturated rings. The van der Waals surface area contributed by atoms with E-state index in [2.05, 4.69) is 24.1 Å². The van der Waals surface area contributed by atoms with Crippen LogP contribution in [-0.2, 0) is 6.42 Å². The Morgan fingerprint density at radius 1 is 1.48 bits per heavy atom. The first-order valence-electron chi connectivity index (χ1n) is 7.77. The Morgan fingerprint density at radius 2 is 2.29 bits per heavy atom. The lowest BCUT2D eigenvalue weighted by Gasteiger charge is -2.32. The molecule has 5 heteroatoms. The van der Waals surface area contributed by atoms with Crippen LogP contribution in [0.25, 0.3) is 0 Å². The van der Waals surface area contributed by atoms with Crippen molar-refractivity contribution in [3.05, 3.63) is 23.4 Å². The van der Waals surface area contributed by atoms with Gasteiger partial charge in [-0.05, 0) is 25.0 Å². The van der Waals surface area contributed by atoms with Gasteiger partial charge in [0, 0.05) is 42.4 Å². The molecular formula is C16H25N3OS. The number of pyridine rings is 1. The van der Waals surface area contributed by atoms with Crippen molar-refractivity contribution in [1.29, 1.82) is 0 Å². The lowest BCUT2D eigenvalue weighted by atomic mass is 10.1. The normalized spacial score (nSPS) is 18.6. The Labute approximate surface area is 131 Å². The summed E-state index contributed by atoms with van der Waals surface area (Å²) in [7, 11) is 1.84. The number of carbonyl (C=O) groups excluding carboxylic acids is 1. The molecule has 1 saturated heterocycles. The van der Waals surface area contributed by atoms with Crippen LogP contribution >= 0.6 is 11.8 Å². The van der Waals surface area contributed by atoms with Crippen molar-refractivity contribution in [2.45, 2.75) is 38.4 Å². The van der Waals surface area contributed by atoms with Crippen LogP contribution in [0.1, 0.15) is 42.7 Å². The van der Waals surface area contributed by atoms with Gasteiger partial charge in [-0.2, -0.15) is 11.8 Å². The Morgan fingerprint density at radius 3 is 2.95 bits per heavy atom. The molecule has 1 unspecified atom stereocenters. The molecule has 1 aliphatic rings. The minimum atomic E-state index is 0.144. The number of hydrogen-bond donors (Lipinski definition) is 1. The minimum absolute atomic E-state index is 0.144. The summed E-state index contributed by atoms with van der Waals surface area (Å²) in [6, 6.07) is 3.82. The van der Waals surface area contributed by atoms with Gasteiger partial charge in [0.25, 0.3) is 5.91 Å². The second kappa shape index (κ2) is 7.69. The highest BCUT2D eigenvalue weighted by Gasteiger charge is 2.24. The van der Waals surface area contributed by atoms with E-state index in [0.717, 1.165) is 55.2 Å². The average molecular weight is 307 g/mol. The van der Waals surface area contributed by atoms with Crippen LogP contribution in [0.2, 0.25) is 0 Å². The number of thioether (sulfide) groups is 1. The number of nitrogens with one attached hydrogen (secondary N) is 1. The molecule has 1 atom stereocenters. The summed E-state index contributed by atoms with van der Waals surface area (Å²) in [5, 5.41) is 3.63. The molecule has 0 spiro atoms. The zero-order valence-corrected chi connectivity index (χ0v) is 14.0. The first-order valence-corrected chi connectivity index (χ1v) is 8.82. The molecule has 0 saturated carbocycles. The smallest absolute Gasteiger partial charge is 0.254 e. The topological polar surface area (TPSA) is 45.2 Å². The zero-order chi connectivity index (χ0) is 15.2. The number of hydrogen-bond acceptors (Lipinski definition) is 4. The predicted molar refractivity (Wildman–Crippen MR) is 90.2 cm³/mol. The van der Waals surface area contributed by atoms with Crippen molar-refractivity contribution in [2.24, 2.45) is 0 Å². The maximum atomic E-state index is 12.7.